The summed E-state index contributed by atoms with van der Waals surface area (Å²) in [5.41, 5.74) is 0.991. The number of nitrogens with zero attached hydrogens (tertiary/aromatic N) is 3. The number of ether oxygens (including phenoxy) is 1. The van der Waals surface area contributed by atoms with Crippen LogP contribution in [0.4, 0.5) is 4.39 Å². The molecular formula is C17H19FN4OS. The lowest BCUT2D eigenvalue weighted by Gasteiger charge is -2.12. The van der Waals surface area contributed by atoms with Gasteiger partial charge in [-0.05, 0) is 37.3 Å². The topological polar surface area (TPSA) is 52.0 Å². The Hall–Kier alpha value is -2.25. The van der Waals surface area contributed by atoms with Gasteiger partial charge in [0.1, 0.15) is 23.2 Å². The predicted molar refractivity (Wildman–Crippen MR) is 91.4 cm³/mol. The second-order valence-corrected chi connectivity index (χ2v) is 6.43. The lowest BCUT2D eigenvalue weighted by atomic mass is 10.3. The minimum atomic E-state index is -0.269. The van der Waals surface area contributed by atoms with E-state index in [1.165, 1.54) is 12.1 Å². The van der Waals surface area contributed by atoms with E-state index in [1.807, 2.05) is 22.3 Å². The zero-order chi connectivity index (χ0) is 16.8. The van der Waals surface area contributed by atoms with E-state index in [0.29, 0.717) is 24.9 Å². The van der Waals surface area contributed by atoms with E-state index in [-0.39, 0.29) is 5.82 Å². The van der Waals surface area contributed by atoms with E-state index < -0.39 is 0 Å². The molecule has 0 spiro atoms. The average Bonchev–Trinajstić information content (AvgIpc) is 3.24. The van der Waals surface area contributed by atoms with Gasteiger partial charge < -0.3 is 10.1 Å². The van der Waals surface area contributed by atoms with Crippen LogP contribution in [0.1, 0.15) is 17.6 Å². The zero-order valence-corrected chi connectivity index (χ0v) is 14.2. The van der Waals surface area contributed by atoms with Crippen molar-refractivity contribution < 1.29 is 9.13 Å². The average molecular weight is 346 g/mol. The molecule has 2 aromatic heterocycles. The Bertz CT molecular complexity index is 742. The Labute approximate surface area is 144 Å². The predicted octanol–water partition coefficient (Wildman–Crippen LogP) is 3.24. The Morgan fingerprint density at radius 3 is 2.92 bits per heavy atom. The smallest absolute Gasteiger partial charge is 0.140 e. The maximum absolute atomic E-state index is 12.8. The van der Waals surface area contributed by atoms with E-state index in [9.17, 15) is 4.39 Å². The number of thiazole rings is 1. The first kappa shape index (κ1) is 16.6. The van der Waals surface area contributed by atoms with Crippen LogP contribution in [0.2, 0.25) is 0 Å². The third-order valence-corrected chi connectivity index (χ3v) is 4.30. The van der Waals surface area contributed by atoms with Crippen molar-refractivity contribution in [3.8, 4) is 5.75 Å². The summed E-state index contributed by atoms with van der Waals surface area (Å²) in [6, 6.07) is 8.21. The molecule has 24 heavy (non-hydrogen) atoms. The highest BCUT2D eigenvalue weighted by atomic mass is 32.1. The molecule has 0 aliphatic rings. The Balaban J connectivity index is 1.44. The van der Waals surface area contributed by atoms with Crippen molar-refractivity contribution in [2.75, 3.05) is 0 Å². The number of nitrogens with one attached hydrogen (secondary N) is 1. The molecule has 0 fully saturated rings. The third-order valence-electron chi connectivity index (χ3n) is 3.43. The van der Waals surface area contributed by atoms with Crippen molar-refractivity contribution in [3.63, 3.8) is 0 Å². The third kappa shape index (κ3) is 4.87. The molecular weight excluding hydrogens is 327 g/mol. The van der Waals surface area contributed by atoms with E-state index in [4.69, 9.17) is 4.74 Å². The van der Waals surface area contributed by atoms with Crippen molar-refractivity contribution in [1.82, 2.24) is 20.1 Å². The molecule has 7 heteroatoms. The van der Waals surface area contributed by atoms with Crippen LogP contribution in [0.5, 0.6) is 5.75 Å². The van der Waals surface area contributed by atoms with Crippen molar-refractivity contribution in [2.45, 2.75) is 32.7 Å². The van der Waals surface area contributed by atoms with Crippen LogP contribution in [0, 0.1) is 5.82 Å². The van der Waals surface area contributed by atoms with Crippen LogP contribution in [0.15, 0.2) is 48.1 Å². The summed E-state index contributed by atoms with van der Waals surface area (Å²) < 4.78 is 20.4. The van der Waals surface area contributed by atoms with Crippen LogP contribution in [0.25, 0.3) is 0 Å². The molecule has 0 aliphatic carbocycles. The molecule has 1 unspecified atom stereocenters. The van der Waals surface area contributed by atoms with E-state index in [2.05, 4.69) is 22.3 Å². The lowest BCUT2D eigenvalue weighted by Crippen LogP contribution is -2.30. The standard InChI is InChI=1S/C17H19FN4OS/c1-13(10-22-8-2-7-20-22)19-9-15-12-24-17(21-15)11-23-16-5-3-14(18)4-6-16/h2-8,12-13,19H,9-11H2,1H3. The summed E-state index contributed by atoms with van der Waals surface area (Å²) in [6.45, 7) is 4.03. The second kappa shape index (κ2) is 8.03. The van der Waals surface area contributed by atoms with Gasteiger partial charge in [0.25, 0.3) is 0 Å². The Morgan fingerprint density at radius 2 is 2.17 bits per heavy atom. The molecule has 3 aromatic rings. The first-order chi connectivity index (χ1) is 11.7. The summed E-state index contributed by atoms with van der Waals surface area (Å²) in [5.74, 6) is 0.369. The molecule has 0 radical (unpaired) electrons. The van der Waals surface area contributed by atoms with Crippen molar-refractivity contribution in [3.05, 3.63) is 64.6 Å². The van der Waals surface area contributed by atoms with Gasteiger partial charge in [0.05, 0.1) is 12.2 Å². The first-order valence-electron chi connectivity index (χ1n) is 7.71. The first-order valence-corrected chi connectivity index (χ1v) is 8.59. The van der Waals surface area contributed by atoms with Gasteiger partial charge in [-0.2, -0.15) is 5.10 Å². The van der Waals surface area contributed by atoms with Crippen LogP contribution in [-0.4, -0.2) is 20.8 Å². The minimum absolute atomic E-state index is 0.269. The van der Waals surface area contributed by atoms with Gasteiger partial charge in [-0.3, -0.25) is 4.68 Å². The highest BCUT2D eigenvalue weighted by Gasteiger charge is 2.06. The number of halogens is 1. The monoisotopic (exact) mass is 346 g/mol. The lowest BCUT2D eigenvalue weighted by molar-refractivity contribution is 0.304. The molecule has 1 N–H and O–H groups in total. The van der Waals surface area contributed by atoms with Gasteiger partial charge >= 0.3 is 0 Å². The Kier molecular flexibility index (Phi) is 5.55. The van der Waals surface area contributed by atoms with Gasteiger partial charge in [-0.25, -0.2) is 9.37 Å². The second-order valence-electron chi connectivity index (χ2n) is 5.49. The molecule has 0 saturated heterocycles. The maximum Gasteiger partial charge on any atom is 0.140 e. The van der Waals surface area contributed by atoms with Crippen LogP contribution < -0.4 is 10.1 Å². The quantitative estimate of drug-likeness (QED) is 0.680. The molecule has 1 aromatic carbocycles. The van der Waals surface area contributed by atoms with Crippen LogP contribution >= 0.6 is 11.3 Å². The van der Waals surface area contributed by atoms with E-state index in [0.717, 1.165) is 17.2 Å². The molecule has 5 nitrogen and oxygen atoms in total. The van der Waals surface area contributed by atoms with Gasteiger partial charge in [-0.1, -0.05) is 0 Å². The van der Waals surface area contributed by atoms with Crippen molar-refractivity contribution in [2.24, 2.45) is 0 Å². The van der Waals surface area contributed by atoms with Gasteiger partial charge in [0, 0.05) is 30.4 Å². The molecule has 3 rings (SSSR count). The summed E-state index contributed by atoms with van der Waals surface area (Å²) >= 11 is 1.56. The molecule has 2 heterocycles. The summed E-state index contributed by atoms with van der Waals surface area (Å²) in [5, 5.41) is 10.6. The highest BCUT2D eigenvalue weighted by molar-refractivity contribution is 7.09. The zero-order valence-electron chi connectivity index (χ0n) is 13.4. The number of rotatable bonds is 8. The van der Waals surface area contributed by atoms with E-state index in [1.54, 1.807) is 29.7 Å². The fraction of sp³-hybridized carbons (Fsp3) is 0.294. The number of hydrogen-bond acceptors (Lipinski definition) is 5. The van der Waals surface area contributed by atoms with Crippen LogP contribution in [0.3, 0.4) is 0 Å². The number of aromatic nitrogens is 3. The molecule has 0 aliphatic heterocycles. The summed E-state index contributed by atoms with van der Waals surface area (Å²) in [7, 11) is 0. The van der Waals surface area contributed by atoms with Gasteiger partial charge in [0.15, 0.2) is 0 Å². The van der Waals surface area contributed by atoms with Gasteiger partial charge in [0.2, 0.25) is 0 Å². The summed E-state index contributed by atoms with van der Waals surface area (Å²) in [6.07, 6.45) is 3.73. The normalized spacial score (nSPS) is 12.2. The van der Waals surface area contributed by atoms with Crippen LogP contribution in [-0.2, 0) is 19.7 Å². The minimum Gasteiger partial charge on any atom is -0.486 e. The Morgan fingerprint density at radius 1 is 1.33 bits per heavy atom. The number of hydrogen-bond donors (Lipinski definition) is 1. The number of benzene rings is 1. The molecule has 126 valence electrons. The molecule has 0 bridgehead atoms. The molecule has 0 saturated carbocycles. The molecule has 0 amide bonds. The molecule has 1 atom stereocenters. The summed E-state index contributed by atoms with van der Waals surface area (Å²) in [4.78, 5) is 4.55. The largest absolute Gasteiger partial charge is 0.486 e. The SMILES string of the molecule is CC(Cn1cccn1)NCc1csc(COc2ccc(F)cc2)n1. The maximum atomic E-state index is 12.8. The van der Waals surface area contributed by atoms with Crippen molar-refractivity contribution >= 4 is 11.3 Å². The fourth-order valence-electron chi connectivity index (χ4n) is 2.20. The van der Waals surface area contributed by atoms with Crippen molar-refractivity contribution in [1.29, 1.82) is 0 Å². The highest BCUT2D eigenvalue weighted by Crippen LogP contribution is 2.16. The fourth-order valence-corrected chi connectivity index (χ4v) is 2.91. The van der Waals surface area contributed by atoms with Gasteiger partial charge in [-0.15, -0.1) is 11.3 Å². The van der Waals surface area contributed by atoms with E-state index >= 15 is 0 Å².